The molecule has 3 aromatic rings. The number of hydrogen-bond donors (Lipinski definition) is 1. The molecule has 0 amide bonds. The Hall–Kier alpha value is -2.98. The summed E-state index contributed by atoms with van der Waals surface area (Å²) < 4.78 is 0. The van der Waals surface area contributed by atoms with Crippen molar-refractivity contribution in [1.29, 1.82) is 0 Å². The molecule has 0 radical (unpaired) electrons. The van der Waals surface area contributed by atoms with Crippen molar-refractivity contribution in [1.82, 2.24) is 14.9 Å². The van der Waals surface area contributed by atoms with Gasteiger partial charge in [0, 0.05) is 37.2 Å². The van der Waals surface area contributed by atoms with E-state index in [2.05, 4.69) is 39.6 Å². The van der Waals surface area contributed by atoms with Crippen molar-refractivity contribution in [3.05, 3.63) is 90.4 Å². The average Bonchev–Trinajstić information content (AvgIpc) is 3.20. The summed E-state index contributed by atoms with van der Waals surface area (Å²) >= 11 is 0. The van der Waals surface area contributed by atoms with E-state index in [1.54, 1.807) is 18.5 Å². The van der Waals surface area contributed by atoms with E-state index in [1.807, 2.05) is 30.5 Å². The first kappa shape index (κ1) is 18.4. The van der Waals surface area contributed by atoms with E-state index in [9.17, 15) is 5.11 Å². The second-order valence-electron chi connectivity index (χ2n) is 7.39. The van der Waals surface area contributed by atoms with Crippen LogP contribution in [0.1, 0.15) is 29.0 Å². The predicted octanol–water partition coefficient (Wildman–Crippen LogP) is 4.57. The van der Waals surface area contributed by atoms with E-state index in [0.717, 1.165) is 42.9 Å². The minimum atomic E-state index is 0.350. The van der Waals surface area contributed by atoms with Gasteiger partial charge in [0.2, 0.25) is 0 Å². The third-order valence-electron chi connectivity index (χ3n) is 5.42. The molecule has 1 aliphatic heterocycles. The van der Waals surface area contributed by atoms with E-state index in [4.69, 9.17) is 0 Å². The molecular weight excluding hydrogens is 346 g/mol. The third-order valence-corrected chi connectivity index (χ3v) is 5.42. The first-order valence-corrected chi connectivity index (χ1v) is 9.73. The number of aromatic nitrogens is 2. The fourth-order valence-electron chi connectivity index (χ4n) is 3.94. The third kappa shape index (κ3) is 4.12. The molecule has 1 N–H and O–H groups in total. The lowest BCUT2D eigenvalue weighted by Gasteiger charge is -2.17. The van der Waals surface area contributed by atoms with E-state index in [1.165, 1.54) is 11.1 Å². The quantitative estimate of drug-likeness (QED) is 0.645. The SMILES string of the molecule is C=CCc1cc(CN2CC[C@H](c3ccnc(-c4ccncc4)c3)C2)ccc1O. The average molecular weight is 371 g/mol. The highest BCUT2D eigenvalue weighted by atomic mass is 16.3. The van der Waals surface area contributed by atoms with Crippen molar-refractivity contribution in [3.63, 3.8) is 0 Å². The lowest BCUT2D eigenvalue weighted by molar-refractivity contribution is 0.326. The normalized spacial score (nSPS) is 16.9. The molecule has 1 aliphatic rings. The van der Waals surface area contributed by atoms with Gasteiger partial charge in [0.1, 0.15) is 5.75 Å². The number of phenols is 1. The molecule has 0 spiro atoms. The van der Waals surface area contributed by atoms with Crippen molar-refractivity contribution in [2.75, 3.05) is 13.1 Å². The number of hydrogen-bond acceptors (Lipinski definition) is 4. The highest BCUT2D eigenvalue weighted by molar-refractivity contribution is 5.59. The minimum absolute atomic E-state index is 0.350. The molecule has 28 heavy (non-hydrogen) atoms. The molecule has 0 unspecified atom stereocenters. The van der Waals surface area contributed by atoms with Crippen LogP contribution in [0.5, 0.6) is 5.75 Å². The summed E-state index contributed by atoms with van der Waals surface area (Å²) in [5.41, 5.74) is 5.64. The second kappa shape index (κ2) is 8.36. The number of nitrogens with zero attached hydrogens (tertiary/aromatic N) is 3. The van der Waals surface area contributed by atoms with Gasteiger partial charge in [0.05, 0.1) is 5.69 Å². The summed E-state index contributed by atoms with van der Waals surface area (Å²) in [6.45, 7) is 6.80. The summed E-state index contributed by atoms with van der Waals surface area (Å²) in [5.74, 6) is 0.872. The van der Waals surface area contributed by atoms with Gasteiger partial charge in [0.25, 0.3) is 0 Å². The fourth-order valence-corrected chi connectivity index (χ4v) is 3.94. The highest BCUT2D eigenvalue weighted by Gasteiger charge is 2.24. The zero-order chi connectivity index (χ0) is 19.3. The van der Waals surface area contributed by atoms with E-state index < -0.39 is 0 Å². The lowest BCUT2D eigenvalue weighted by atomic mass is 9.97. The van der Waals surface area contributed by atoms with Crippen LogP contribution in [0, 0.1) is 0 Å². The molecule has 4 nitrogen and oxygen atoms in total. The Morgan fingerprint density at radius 1 is 1.11 bits per heavy atom. The summed E-state index contributed by atoms with van der Waals surface area (Å²) in [6.07, 6.45) is 9.19. The van der Waals surface area contributed by atoms with Gasteiger partial charge in [-0.15, -0.1) is 6.58 Å². The zero-order valence-electron chi connectivity index (χ0n) is 16.0. The molecule has 0 aliphatic carbocycles. The van der Waals surface area contributed by atoms with Crippen LogP contribution in [0.25, 0.3) is 11.3 Å². The van der Waals surface area contributed by atoms with Crippen LogP contribution in [0.4, 0.5) is 0 Å². The maximum Gasteiger partial charge on any atom is 0.119 e. The maximum absolute atomic E-state index is 9.97. The molecule has 1 atom stereocenters. The van der Waals surface area contributed by atoms with Gasteiger partial charge in [-0.05, 0) is 72.3 Å². The Morgan fingerprint density at radius 2 is 1.96 bits per heavy atom. The Morgan fingerprint density at radius 3 is 2.79 bits per heavy atom. The first-order chi connectivity index (χ1) is 13.7. The minimum Gasteiger partial charge on any atom is -0.508 e. The fraction of sp³-hybridized carbons (Fsp3) is 0.250. The number of likely N-dealkylation sites (tertiary alicyclic amines) is 1. The Balaban J connectivity index is 1.45. The predicted molar refractivity (Wildman–Crippen MR) is 112 cm³/mol. The van der Waals surface area contributed by atoms with Gasteiger partial charge < -0.3 is 5.11 Å². The standard InChI is InChI=1S/C24H25N3O/c1-2-3-21-14-18(4-5-24(21)28)16-27-13-9-22(17-27)20-8-12-26-23(15-20)19-6-10-25-11-7-19/h2,4-8,10-12,14-15,22,28H,1,3,9,13,16-17H2/t22-/m0/s1. The topological polar surface area (TPSA) is 49.2 Å². The Labute approximate surface area is 166 Å². The van der Waals surface area contributed by atoms with Gasteiger partial charge in [0.15, 0.2) is 0 Å². The highest BCUT2D eigenvalue weighted by Crippen LogP contribution is 2.30. The second-order valence-corrected chi connectivity index (χ2v) is 7.39. The van der Waals surface area contributed by atoms with Crippen LogP contribution in [-0.2, 0) is 13.0 Å². The van der Waals surface area contributed by atoms with Crippen molar-refractivity contribution < 1.29 is 5.11 Å². The maximum atomic E-state index is 9.97. The molecule has 1 saturated heterocycles. The molecule has 0 bridgehead atoms. The van der Waals surface area contributed by atoms with Crippen molar-refractivity contribution in [2.45, 2.75) is 25.3 Å². The Kier molecular flexibility index (Phi) is 5.49. The van der Waals surface area contributed by atoms with E-state index in [0.29, 0.717) is 18.1 Å². The van der Waals surface area contributed by atoms with E-state index >= 15 is 0 Å². The summed E-state index contributed by atoms with van der Waals surface area (Å²) in [6, 6.07) is 14.3. The van der Waals surface area contributed by atoms with Gasteiger partial charge in [-0.2, -0.15) is 0 Å². The summed E-state index contributed by atoms with van der Waals surface area (Å²) in [4.78, 5) is 11.1. The molecule has 1 fully saturated rings. The van der Waals surface area contributed by atoms with Gasteiger partial charge in [-0.1, -0.05) is 18.2 Å². The zero-order valence-corrected chi connectivity index (χ0v) is 16.0. The van der Waals surface area contributed by atoms with Crippen LogP contribution in [0.15, 0.2) is 73.7 Å². The first-order valence-electron chi connectivity index (χ1n) is 9.73. The van der Waals surface area contributed by atoms with Crippen molar-refractivity contribution in [2.24, 2.45) is 0 Å². The van der Waals surface area contributed by atoms with Crippen LogP contribution >= 0.6 is 0 Å². The monoisotopic (exact) mass is 371 g/mol. The molecule has 142 valence electrons. The summed E-state index contributed by atoms with van der Waals surface area (Å²) in [5, 5.41) is 9.97. The molecule has 2 aromatic heterocycles. The Bertz CT molecular complexity index is 955. The van der Waals surface area contributed by atoms with E-state index in [-0.39, 0.29) is 0 Å². The van der Waals surface area contributed by atoms with Crippen molar-refractivity contribution >= 4 is 0 Å². The largest absolute Gasteiger partial charge is 0.508 e. The number of aromatic hydroxyl groups is 1. The smallest absolute Gasteiger partial charge is 0.119 e. The van der Waals surface area contributed by atoms with Crippen LogP contribution in [0.3, 0.4) is 0 Å². The number of pyridine rings is 2. The molecule has 1 aromatic carbocycles. The number of allylic oxidation sites excluding steroid dienone is 1. The number of rotatable bonds is 6. The van der Waals surface area contributed by atoms with Crippen molar-refractivity contribution in [3.8, 4) is 17.0 Å². The van der Waals surface area contributed by atoms with Crippen LogP contribution < -0.4 is 0 Å². The molecule has 0 saturated carbocycles. The lowest BCUT2D eigenvalue weighted by Crippen LogP contribution is -2.19. The van der Waals surface area contributed by atoms with Gasteiger partial charge >= 0.3 is 0 Å². The molecule has 4 rings (SSSR count). The van der Waals surface area contributed by atoms with Crippen LogP contribution in [0.2, 0.25) is 0 Å². The van der Waals surface area contributed by atoms with Crippen LogP contribution in [-0.4, -0.2) is 33.1 Å². The number of phenolic OH excluding ortho intramolecular Hbond substituents is 1. The number of benzene rings is 1. The summed E-state index contributed by atoms with van der Waals surface area (Å²) in [7, 11) is 0. The molecule has 4 heteroatoms. The molecular formula is C24H25N3O. The van der Waals surface area contributed by atoms with Gasteiger partial charge in [-0.3, -0.25) is 14.9 Å². The van der Waals surface area contributed by atoms with Gasteiger partial charge in [-0.25, -0.2) is 0 Å². The molecule has 3 heterocycles.